The van der Waals surface area contributed by atoms with Crippen molar-refractivity contribution in [3.63, 3.8) is 0 Å². The van der Waals surface area contributed by atoms with E-state index in [2.05, 4.69) is 25.3 Å². The summed E-state index contributed by atoms with van der Waals surface area (Å²) in [5.41, 5.74) is 3.86. The van der Waals surface area contributed by atoms with Crippen LogP contribution in [0.25, 0.3) is 22.0 Å². The second-order valence-electron chi connectivity index (χ2n) is 8.86. The van der Waals surface area contributed by atoms with Crippen LogP contribution in [0.3, 0.4) is 0 Å². The van der Waals surface area contributed by atoms with Gasteiger partial charge in [0.05, 0.1) is 23.6 Å². The molecule has 0 radical (unpaired) electrons. The number of anilines is 1. The summed E-state index contributed by atoms with van der Waals surface area (Å²) in [6.07, 6.45) is 6.44. The lowest BCUT2D eigenvalue weighted by atomic mass is 9.86. The van der Waals surface area contributed by atoms with Crippen molar-refractivity contribution in [2.45, 2.75) is 44.6 Å². The lowest BCUT2D eigenvalue weighted by molar-refractivity contribution is -0.124. The zero-order chi connectivity index (χ0) is 22.3. The summed E-state index contributed by atoms with van der Waals surface area (Å²) >= 11 is 0. The molecular weight excluding hydrogens is 414 g/mol. The van der Waals surface area contributed by atoms with E-state index >= 15 is 0 Å². The van der Waals surface area contributed by atoms with Crippen molar-refractivity contribution in [3.05, 3.63) is 36.4 Å². The Morgan fingerprint density at radius 3 is 2.66 bits per heavy atom. The predicted octanol–water partition coefficient (Wildman–Crippen LogP) is 4.00. The number of aromatic nitrogens is 4. The first kappa shape index (κ1) is 20.9. The third-order valence-corrected chi connectivity index (χ3v) is 6.60. The second kappa shape index (κ2) is 8.20. The van der Waals surface area contributed by atoms with Crippen LogP contribution in [0.4, 0.5) is 14.6 Å². The fourth-order valence-corrected chi connectivity index (χ4v) is 4.42. The molecule has 0 bridgehead atoms. The van der Waals surface area contributed by atoms with E-state index in [0.717, 1.165) is 47.4 Å². The van der Waals surface area contributed by atoms with Gasteiger partial charge in [-0.1, -0.05) is 0 Å². The molecule has 7 nitrogen and oxygen atoms in total. The number of hydrogen-bond acceptors (Lipinski definition) is 5. The van der Waals surface area contributed by atoms with Gasteiger partial charge < -0.3 is 5.32 Å². The molecule has 168 valence electrons. The van der Waals surface area contributed by atoms with Gasteiger partial charge in [0.15, 0.2) is 0 Å². The summed E-state index contributed by atoms with van der Waals surface area (Å²) in [5, 5.41) is 8.09. The van der Waals surface area contributed by atoms with Crippen LogP contribution < -0.4 is 5.32 Å². The van der Waals surface area contributed by atoms with Crippen LogP contribution in [0.2, 0.25) is 0 Å². The SMILES string of the molecule is Cn1ncc(-c2cnc3cnc(NC(=O)C4CCC(F)(F)CC4)cc3c2)c1CN1CCC1. The highest BCUT2D eigenvalue weighted by Gasteiger charge is 2.37. The molecular formula is C23H26F2N6O. The van der Waals surface area contributed by atoms with Gasteiger partial charge in [-0.15, -0.1) is 0 Å². The summed E-state index contributed by atoms with van der Waals surface area (Å²) in [4.78, 5) is 23.8. The highest BCUT2D eigenvalue weighted by molar-refractivity contribution is 5.94. The lowest BCUT2D eigenvalue weighted by Gasteiger charge is -2.30. The third kappa shape index (κ3) is 4.21. The van der Waals surface area contributed by atoms with Crippen molar-refractivity contribution in [1.82, 2.24) is 24.6 Å². The van der Waals surface area contributed by atoms with Crippen LogP contribution in [-0.4, -0.2) is 49.6 Å². The molecule has 0 spiro atoms. The summed E-state index contributed by atoms with van der Waals surface area (Å²) in [7, 11) is 1.95. The molecule has 2 aliphatic rings. The number of alkyl halides is 2. The lowest BCUT2D eigenvalue weighted by Crippen LogP contribution is -2.37. The molecule has 0 unspecified atom stereocenters. The minimum atomic E-state index is -2.65. The average Bonchev–Trinajstić information content (AvgIpc) is 3.10. The molecule has 9 heteroatoms. The number of likely N-dealkylation sites (tertiary alicyclic amines) is 1. The van der Waals surface area contributed by atoms with E-state index in [0.29, 0.717) is 5.82 Å². The average molecular weight is 440 g/mol. The Labute approximate surface area is 184 Å². The molecule has 5 rings (SSSR count). The third-order valence-electron chi connectivity index (χ3n) is 6.60. The number of rotatable bonds is 5. The Balaban J connectivity index is 1.36. The van der Waals surface area contributed by atoms with E-state index in [4.69, 9.17) is 0 Å². The molecule has 1 amide bonds. The fourth-order valence-electron chi connectivity index (χ4n) is 4.42. The number of fused-ring (bicyclic) bond motifs is 1. The van der Waals surface area contributed by atoms with Gasteiger partial charge in [0.25, 0.3) is 0 Å². The van der Waals surface area contributed by atoms with Crippen LogP contribution in [0.15, 0.2) is 30.7 Å². The maximum Gasteiger partial charge on any atom is 0.248 e. The van der Waals surface area contributed by atoms with E-state index < -0.39 is 11.8 Å². The summed E-state index contributed by atoms with van der Waals surface area (Å²) in [6.45, 7) is 3.06. The van der Waals surface area contributed by atoms with Gasteiger partial charge in [-0.25, -0.2) is 13.8 Å². The number of amides is 1. The predicted molar refractivity (Wildman–Crippen MR) is 117 cm³/mol. The van der Waals surface area contributed by atoms with Gasteiger partial charge in [0.1, 0.15) is 5.82 Å². The highest BCUT2D eigenvalue weighted by atomic mass is 19.3. The number of nitrogens with zero attached hydrogens (tertiary/aromatic N) is 5. The number of carbonyl (C=O) groups excluding carboxylic acids is 1. The number of carbonyl (C=O) groups is 1. The van der Waals surface area contributed by atoms with Crippen molar-refractivity contribution in [2.75, 3.05) is 18.4 Å². The molecule has 1 saturated heterocycles. The molecule has 2 fully saturated rings. The second-order valence-corrected chi connectivity index (χ2v) is 8.86. The van der Waals surface area contributed by atoms with E-state index in [9.17, 15) is 13.6 Å². The summed E-state index contributed by atoms with van der Waals surface area (Å²) in [6, 6.07) is 3.81. The number of halogens is 2. The van der Waals surface area contributed by atoms with Gasteiger partial charge in [-0.3, -0.25) is 19.4 Å². The van der Waals surface area contributed by atoms with Crippen molar-refractivity contribution < 1.29 is 13.6 Å². The first-order valence-corrected chi connectivity index (χ1v) is 11.1. The van der Waals surface area contributed by atoms with Crippen LogP contribution in [0.5, 0.6) is 0 Å². The number of aryl methyl sites for hydroxylation is 1. The molecule has 3 aromatic heterocycles. The van der Waals surface area contributed by atoms with Gasteiger partial charge in [-0.05, 0) is 44.5 Å². The van der Waals surface area contributed by atoms with Crippen LogP contribution in [0, 0.1) is 5.92 Å². The van der Waals surface area contributed by atoms with E-state index in [1.165, 1.54) is 6.42 Å². The van der Waals surface area contributed by atoms with Crippen LogP contribution >= 0.6 is 0 Å². The summed E-state index contributed by atoms with van der Waals surface area (Å²) < 4.78 is 28.7. The normalized spacial score (nSPS) is 19.1. The number of nitrogens with one attached hydrogen (secondary N) is 1. The maximum atomic E-state index is 13.4. The van der Waals surface area contributed by atoms with Gasteiger partial charge >= 0.3 is 0 Å². The van der Waals surface area contributed by atoms with E-state index in [-0.39, 0.29) is 31.6 Å². The molecule has 1 saturated carbocycles. The van der Waals surface area contributed by atoms with Crippen molar-refractivity contribution in [1.29, 1.82) is 0 Å². The molecule has 3 aromatic rings. The zero-order valence-corrected chi connectivity index (χ0v) is 18.0. The van der Waals surface area contributed by atoms with Crippen LogP contribution in [-0.2, 0) is 18.4 Å². The Kier molecular flexibility index (Phi) is 5.36. The Morgan fingerprint density at radius 2 is 1.94 bits per heavy atom. The molecule has 32 heavy (non-hydrogen) atoms. The van der Waals surface area contributed by atoms with E-state index in [1.807, 2.05) is 30.2 Å². The number of pyridine rings is 2. The minimum absolute atomic E-state index is 0.193. The smallest absolute Gasteiger partial charge is 0.248 e. The molecule has 1 aliphatic heterocycles. The first-order valence-electron chi connectivity index (χ1n) is 11.1. The van der Waals surface area contributed by atoms with Crippen molar-refractivity contribution >= 4 is 22.6 Å². The molecule has 1 N–H and O–H groups in total. The quantitative estimate of drug-likeness (QED) is 0.649. The molecule has 1 aliphatic carbocycles. The van der Waals surface area contributed by atoms with Crippen LogP contribution in [0.1, 0.15) is 37.8 Å². The molecule has 0 aromatic carbocycles. The van der Waals surface area contributed by atoms with Gasteiger partial charge in [-0.2, -0.15) is 5.10 Å². The molecule has 4 heterocycles. The fraction of sp³-hybridized carbons (Fsp3) is 0.478. The summed E-state index contributed by atoms with van der Waals surface area (Å²) in [5.74, 6) is -2.90. The minimum Gasteiger partial charge on any atom is -0.310 e. The first-order chi connectivity index (χ1) is 15.4. The van der Waals surface area contributed by atoms with Gasteiger partial charge in [0.2, 0.25) is 11.8 Å². The van der Waals surface area contributed by atoms with Gasteiger partial charge in [0, 0.05) is 55.1 Å². The molecule has 0 atom stereocenters. The monoisotopic (exact) mass is 440 g/mol. The highest BCUT2D eigenvalue weighted by Crippen LogP contribution is 2.36. The van der Waals surface area contributed by atoms with E-state index in [1.54, 1.807) is 12.3 Å². The standard InChI is InChI=1S/C23H26F2N6O/c1-30-20(14-31-7-2-8-31)18(12-28-30)17-9-16-10-21(27-13-19(16)26-11-17)29-22(32)15-3-5-23(24,25)6-4-15/h9-13,15H,2-8,14H2,1H3,(H,27,29,32). The van der Waals surface area contributed by atoms with Crippen molar-refractivity contribution in [2.24, 2.45) is 13.0 Å². The largest absolute Gasteiger partial charge is 0.310 e. The maximum absolute atomic E-state index is 13.4. The zero-order valence-electron chi connectivity index (χ0n) is 18.0. The number of hydrogen-bond donors (Lipinski definition) is 1. The topological polar surface area (TPSA) is 75.9 Å². The van der Waals surface area contributed by atoms with Crippen molar-refractivity contribution in [3.8, 4) is 11.1 Å². The Morgan fingerprint density at radius 1 is 1.16 bits per heavy atom. The Bertz CT molecular complexity index is 1150. The Hall–Kier alpha value is -2.94.